The molecule has 6 nitrogen and oxygen atoms in total. The van der Waals surface area contributed by atoms with Crippen LogP contribution in [0.5, 0.6) is 11.5 Å². The van der Waals surface area contributed by atoms with Crippen molar-refractivity contribution in [2.75, 3.05) is 13.7 Å². The molecular formula is C18H19N3O3S2. The average Bonchev–Trinajstić information content (AvgIpc) is 3.20. The van der Waals surface area contributed by atoms with Gasteiger partial charge in [-0.25, -0.2) is 0 Å². The fourth-order valence-corrected chi connectivity index (χ4v) is 4.50. The number of aromatic nitrogens is 2. The van der Waals surface area contributed by atoms with Crippen molar-refractivity contribution in [3.63, 3.8) is 0 Å². The molecule has 1 aromatic carbocycles. The highest BCUT2D eigenvalue weighted by molar-refractivity contribution is 8.19. The monoisotopic (exact) mass is 389 g/mol. The molecule has 1 saturated heterocycles. The third kappa shape index (κ3) is 3.66. The second-order valence-electron chi connectivity index (χ2n) is 5.50. The maximum absolute atomic E-state index is 12.8. The van der Waals surface area contributed by atoms with Gasteiger partial charge in [-0.05, 0) is 37.1 Å². The molecule has 26 heavy (non-hydrogen) atoms. The summed E-state index contributed by atoms with van der Waals surface area (Å²) in [5.74, 6) is 0.537. The number of Topliss-reactive ketones (excluding diaryl/α,β-unsaturated/α-hetero) is 1. The molecular weight excluding hydrogens is 370 g/mol. The quantitative estimate of drug-likeness (QED) is 0.754. The first-order valence-corrected chi connectivity index (χ1v) is 9.86. The summed E-state index contributed by atoms with van der Waals surface area (Å²) in [6.45, 7) is 4.42. The van der Waals surface area contributed by atoms with Crippen molar-refractivity contribution in [1.29, 1.82) is 5.41 Å². The van der Waals surface area contributed by atoms with Gasteiger partial charge in [-0.15, -0.1) is 21.5 Å². The lowest BCUT2D eigenvalue weighted by molar-refractivity contribution is -0.114. The maximum atomic E-state index is 12.8. The van der Waals surface area contributed by atoms with E-state index in [1.807, 2.05) is 32.0 Å². The van der Waals surface area contributed by atoms with Crippen molar-refractivity contribution >= 4 is 40.0 Å². The van der Waals surface area contributed by atoms with E-state index in [-0.39, 0.29) is 5.78 Å². The van der Waals surface area contributed by atoms with Gasteiger partial charge in [0.05, 0.1) is 23.7 Å². The minimum Gasteiger partial charge on any atom is -0.493 e. The van der Waals surface area contributed by atoms with Crippen LogP contribution < -0.4 is 9.47 Å². The summed E-state index contributed by atoms with van der Waals surface area (Å²) in [6.07, 6.45) is 2.55. The third-order valence-electron chi connectivity index (χ3n) is 3.80. The Kier molecular flexibility index (Phi) is 5.73. The van der Waals surface area contributed by atoms with Gasteiger partial charge in [0, 0.05) is 0 Å². The molecule has 1 N–H and O–H groups in total. The van der Waals surface area contributed by atoms with Crippen LogP contribution in [-0.4, -0.2) is 34.7 Å². The number of hydrogen-bond acceptors (Lipinski definition) is 8. The number of thioether (sulfide) groups is 1. The lowest BCUT2D eigenvalue weighted by atomic mass is 10.1. The Hall–Kier alpha value is -2.19. The zero-order chi connectivity index (χ0) is 18.7. The van der Waals surface area contributed by atoms with E-state index < -0.39 is 5.92 Å². The zero-order valence-corrected chi connectivity index (χ0v) is 16.4. The van der Waals surface area contributed by atoms with Gasteiger partial charge in [0.2, 0.25) is 0 Å². The van der Waals surface area contributed by atoms with Crippen LogP contribution in [0.1, 0.15) is 35.3 Å². The molecule has 1 aromatic heterocycles. The molecule has 1 fully saturated rings. The number of ether oxygens (including phenoxy) is 2. The number of aryl methyl sites for hydroxylation is 1. The minimum absolute atomic E-state index is 0.104. The Labute approximate surface area is 160 Å². The highest BCUT2D eigenvalue weighted by Crippen LogP contribution is 2.42. The highest BCUT2D eigenvalue weighted by Gasteiger charge is 2.39. The first-order chi connectivity index (χ1) is 12.6. The Bertz CT molecular complexity index is 876. The van der Waals surface area contributed by atoms with Crippen molar-refractivity contribution in [2.45, 2.75) is 26.2 Å². The lowest BCUT2D eigenvalue weighted by Crippen LogP contribution is -2.11. The smallest absolute Gasteiger partial charge is 0.186 e. The number of rotatable bonds is 6. The third-order valence-corrected chi connectivity index (χ3v) is 5.93. The van der Waals surface area contributed by atoms with Crippen LogP contribution in [0.15, 0.2) is 23.1 Å². The number of hydrogen-bond donors (Lipinski definition) is 1. The van der Waals surface area contributed by atoms with Gasteiger partial charge in [0.1, 0.15) is 15.9 Å². The fraction of sp³-hybridized carbons (Fsp3) is 0.333. The van der Waals surface area contributed by atoms with Crippen molar-refractivity contribution in [3.05, 3.63) is 38.7 Å². The molecule has 8 heteroatoms. The number of nitrogens with zero attached hydrogens (tertiary/aromatic N) is 2. The summed E-state index contributed by atoms with van der Waals surface area (Å²) in [6, 6.07) is 5.50. The Morgan fingerprint density at radius 3 is 2.73 bits per heavy atom. The summed E-state index contributed by atoms with van der Waals surface area (Å²) >= 11 is 2.58. The van der Waals surface area contributed by atoms with Crippen molar-refractivity contribution < 1.29 is 14.3 Å². The number of carbonyl (C=O) groups excluding carboxylic acids is 1. The molecule has 0 unspecified atom stereocenters. The Morgan fingerprint density at radius 1 is 1.27 bits per heavy atom. The molecule has 0 saturated carbocycles. The molecule has 0 spiro atoms. The number of allylic oxidation sites excluding steroid dienone is 1. The molecule has 0 aliphatic carbocycles. The van der Waals surface area contributed by atoms with Crippen molar-refractivity contribution in [2.24, 2.45) is 0 Å². The van der Waals surface area contributed by atoms with Crippen LogP contribution in [0.25, 0.3) is 6.08 Å². The van der Waals surface area contributed by atoms with Crippen LogP contribution in [0.2, 0.25) is 0 Å². The molecule has 0 radical (unpaired) electrons. The number of ketones is 1. The molecule has 2 heterocycles. The number of nitrogens with one attached hydrogen (secondary N) is 1. The number of methoxy groups -OCH3 is 1. The van der Waals surface area contributed by atoms with E-state index in [1.165, 1.54) is 23.1 Å². The van der Waals surface area contributed by atoms with E-state index in [9.17, 15) is 4.79 Å². The summed E-state index contributed by atoms with van der Waals surface area (Å²) in [5.41, 5.74) is 0.824. The normalized spacial score (nSPS) is 18.6. The molecule has 2 aromatic rings. The topological polar surface area (TPSA) is 85.2 Å². The van der Waals surface area contributed by atoms with Crippen LogP contribution in [0, 0.1) is 5.41 Å². The molecule has 0 amide bonds. The highest BCUT2D eigenvalue weighted by atomic mass is 32.2. The number of carbonyl (C=O) groups is 1. The number of benzene rings is 1. The summed E-state index contributed by atoms with van der Waals surface area (Å²) in [7, 11) is 1.59. The van der Waals surface area contributed by atoms with Crippen LogP contribution in [-0.2, 0) is 11.2 Å². The zero-order valence-electron chi connectivity index (χ0n) is 14.7. The summed E-state index contributed by atoms with van der Waals surface area (Å²) < 4.78 is 10.9. The molecule has 3 rings (SSSR count). The van der Waals surface area contributed by atoms with Crippen LogP contribution in [0.4, 0.5) is 0 Å². The van der Waals surface area contributed by atoms with E-state index in [4.69, 9.17) is 14.9 Å². The van der Waals surface area contributed by atoms with Crippen LogP contribution >= 0.6 is 23.1 Å². The predicted molar refractivity (Wildman–Crippen MR) is 104 cm³/mol. The SMILES string of the molecule is CCOc1cc(/C=C2\SC(=N)[C@@H](c3nnc(CC)s3)C2=O)ccc1OC. The van der Waals surface area contributed by atoms with Crippen molar-refractivity contribution in [1.82, 2.24) is 10.2 Å². The van der Waals surface area contributed by atoms with E-state index in [2.05, 4.69) is 10.2 Å². The lowest BCUT2D eigenvalue weighted by Gasteiger charge is -2.09. The van der Waals surface area contributed by atoms with E-state index in [0.29, 0.717) is 33.1 Å². The van der Waals surface area contributed by atoms with Gasteiger partial charge >= 0.3 is 0 Å². The first-order valence-electron chi connectivity index (χ1n) is 8.22. The van der Waals surface area contributed by atoms with E-state index in [0.717, 1.165) is 17.0 Å². The summed E-state index contributed by atoms with van der Waals surface area (Å²) in [5, 5.41) is 18.1. The standard InChI is InChI=1S/C18H19N3O3S2/c1-4-14-20-21-18(26-14)15-16(22)13(25-17(15)19)9-10-6-7-11(23-3)12(8-10)24-5-2/h6-9,15,19H,4-5H2,1-3H3/b13-9-,19-17?/t15-/m0/s1. The van der Waals surface area contributed by atoms with Gasteiger partial charge < -0.3 is 9.47 Å². The van der Waals surface area contributed by atoms with E-state index in [1.54, 1.807) is 13.2 Å². The molecule has 136 valence electrons. The largest absolute Gasteiger partial charge is 0.493 e. The van der Waals surface area contributed by atoms with Gasteiger partial charge in [-0.3, -0.25) is 10.2 Å². The molecule has 1 atom stereocenters. The molecule has 1 aliphatic rings. The second-order valence-corrected chi connectivity index (χ2v) is 7.68. The molecule has 0 bridgehead atoms. The van der Waals surface area contributed by atoms with E-state index >= 15 is 0 Å². The Balaban J connectivity index is 1.89. The van der Waals surface area contributed by atoms with Gasteiger partial charge in [-0.2, -0.15) is 0 Å². The second kappa shape index (κ2) is 8.01. The summed E-state index contributed by atoms with van der Waals surface area (Å²) in [4.78, 5) is 13.3. The first kappa shape index (κ1) is 18.6. The molecule has 1 aliphatic heterocycles. The maximum Gasteiger partial charge on any atom is 0.186 e. The fourth-order valence-electron chi connectivity index (χ4n) is 2.54. The minimum atomic E-state index is -0.631. The van der Waals surface area contributed by atoms with Crippen LogP contribution in [0.3, 0.4) is 0 Å². The predicted octanol–water partition coefficient (Wildman–Crippen LogP) is 3.93. The van der Waals surface area contributed by atoms with Gasteiger partial charge in [-0.1, -0.05) is 24.8 Å². The average molecular weight is 390 g/mol. The Morgan fingerprint density at radius 2 is 2.08 bits per heavy atom. The van der Waals surface area contributed by atoms with Gasteiger partial charge in [0.25, 0.3) is 0 Å². The van der Waals surface area contributed by atoms with Gasteiger partial charge in [0.15, 0.2) is 17.3 Å². The van der Waals surface area contributed by atoms with Crippen molar-refractivity contribution in [3.8, 4) is 11.5 Å².